The third-order valence-electron chi connectivity index (χ3n) is 3.14. The van der Waals surface area contributed by atoms with Gasteiger partial charge in [0, 0.05) is 6.54 Å². The second-order valence-corrected chi connectivity index (χ2v) is 6.88. The summed E-state index contributed by atoms with van der Waals surface area (Å²) in [7, 11) is -3.76. The van der Waals surface area contributed by atoms with Crippen LogP contribution in [-0.2, 0) is 32.7 Å². The highest BCUT2D eigenvalue weighted by atomic mass is 32.2. The fourth-order valence-corrected chi connectivity index (χ4v) is 2.83. The number of carbonyl (C=O) groups is 1. The Labute approximate surface area is 140 Å². The van der Waals surface area contributed by atoms with E-state index in [4.69, 9.17) is 4.74 Å². The minimum absolute atomic E-state index is 0.0905. The number of aryl methyl sites for hydroxylation is 2. The monoisotopic (exact) mass is 353 g/mol. The topological polar surface area (TPSA) is 116 Å². The van der Waals surface area contributed by atoms with E-state index in [-0.39, 0.29) is 11.5 Å². The summed E-state index contributed by atoms with van der Waals surface area (Å²) >= 11 is 0. The highest BCUT2D eigenvalue weighted by molar-refractivity contribution is 7.89. The molecule has 0 spiro atoms. The molecule has 130 valence electrons. The fourth-order valence-electron chi connectivity index (χ4n) is 1.86. The van der Waals surface area contributed by atoms with Crippen molar-refractivity contribution in [2.75, 3.05) is 6.54 Å². The van der Waals surface area contributed by atoms with E-state index in [9.17, 15) is 13.2 Å². The van der Waals surface area contributed by atoms with Gasteiger partial charge in [0.25, 0.3) is 0 Å². The number of hydrogen-bond donors (Lipinski definition) is 1. The summed E-state index contributed by atoms with van der Waals surface area (Å²) in [6.45, 7) is 3.86. The molecule has 1 aromatic heterocycles. The van der Waals surface area contributed by atoms with Crippen LogP contribution in [-0.4, -0.2) is 41.1 Å². The number of esters is 1. The molecule has 0 radical (unpaired) electrons. The van der Waals surface area contributed by atoms with Crippen LogP contribution in [0.15, 0.2) is 29.2 Å². The first kappa shape index (κ1) is 18.0. The van der Waals surface area contributed by atoms with E-state index < -0.39 is 22.5 Å². The number of hydrogen-bond acceptors (Lipinski definition) is 7. The minimum atomic E-state index is -3.76. The Morgan fingerprint density at radius 2 is 2.00 bits per heavy atom. The number of carbonyl (C=O) groups excluding carboxylic acids is 1. The summed E-state index contributed by atoms with van der Waals surface area (Å²) in [5.74, 6) is -0.302. The third kappa shape index (κ3) is 4.83. The van der Waals surface area contributed by atoms with Crippen molar-refractivity contribution in [3.63, 3.8) is 0 Å². The van der Waals surface area contributed by atoms with Crippen molar-refractivity contribution in [2.45, 2.75) is 38.3 Å². The zero-order chi connectivity index (χ0) is 17.6. The number of tetrazole rings is 1. The van der Waals surface area contributed by atoms with Gasteiger partial charge in [0.15, 0.2) is 12.4 Å². The summed E-state index contributed by atoms with van der Waals surface area (Å²) in [5.41, 5.74) is 0.943. The SMILES string of the molecule is CCCn1nnnc1COC(=O)CNS(=O)(=O)c1ccc(C)cc1. The Balaban J connectivity index is 1.86. The summed E-state index contributed by atoms with van der Waals surface area (Å²) < 4.78 is 32.9. The van der Waals surface area contributed by atoms with E-state index in [1.807, 2.05) is 13.8 Å². The van der Waals surface area contributed by atoms with Crippen LogP contribution < -0.4 is 4.72 Å². The van der Waals surface area contributed by atoms with Gasteiger partial charge in [-0.15, -0.1) is 5.10 Å². The molecule has 9 nitrogen and oxygen atoms in total. The molecule has 0 amide bonds. The molecule has 0 unspecified atom stereocenters. The molecule has 0 saturated carbocycles. The molecule has 24 heavy (non-hydrogen) atoms. The second kappa shape index (κ2) is 7.97. The van der Waals surface area contributed by atoms with Crippen LogP contribution in [0.5, 0.6) is 0 Å². The van der Waals surface area contributed by atoms with E-state index in [0.29, 0.717) is 12.4 Å². The molecule has 2 aromatic rings. The molecule has 1 heterocycles. The molecular weight excluding hydrogens is 334 g/mol. The highest BCUT2D eigenvalue weighted by Gasteiger charge is 2.16. The van der Waals surface area contributed by atoms with Gasteiger partial charge in [0.05, 0.1) is 4.90 Å². The van der Waals surface area contributed by atoms with Gasteiger partial charge in [-0.25, -0.2) is 13.1 Å². The number of nitrogens with zero attached hydrogens (tertiary/aromatic N) is 4. The summed E-state index contributed by atoms with van der Waals surface area (Å²) in [6.07, 6.45) is 0.836. The minimum Gasteiger partial charge on any atom is -0.456 e. The molecule has 2 rings (SSSR count). The van der Waals surface area contributed by atoms with Gasteiger partial charge in [-0.1, -0.05) is 24.6 Å². The van der Waals surface area contributed by atoms with Crippen molar-refractivity contribution in [3.05, 3.63) is 35.7 Å². The van der Waals surface area contributed by atoms with Crippen LogP contribution in [0, 0.1) is 6.92 Å². The number of nitrogens with one attached hydrogen (secondary N) is 1. The van der Waals surface area contributed by atoms with Gasteiger partial charge in [0.1, 0.15) is 6.54 Å². The zero-order valence-electron chi connectivity index (χ0n) is 13.5. The number of aromatic nitrogens is 4. The van der Waals surface area contributed by atoms with Gasteiger partial charge in [-0.05, 0) is 35.9 Å². The molecule has 0 aliphatic carbocycles. The van der Waals surface area contributed by atoms with Gasteiger partial charge < -0.3 is 4.74 Å². The highest BCUT2D eigenvalue weighted by Crippen LogP contribution is 2.09. The van der Waals surface area contributed by atoms with Gasteiger partial charge in [-0.3, -0.25) is 4.79 Å². The lowest BCUT2D eigenvalue weighted by Gasteiger charge is -2.08. The van der Waals surface area contributed by atoms with E-state index in [1.165, 1.54) is 16.8 Å². The third-order valence-corrected chi connectivity index (χ3v) is 4.56. The Morgan fingerprint density at radius 3 is 2.67 bits per heavy atom. The van der Waals surface area contributed by atoms with Gasteiger partial charge in [-0.2, -0.15) is 4.72 Å². The number of ether oxygens (including phenoxy) is 1. The number of benzene rings is 1. The predicted octanol–water partition coefficient (Wildman–Crippen LogP) is 0.413. The molecule has 0 aliphatic heterocycles. The maximum Gasteiger partial charge on any atom is 0.321 e. The molecule has 0 aliphatic rings. The van der Waals surface area contributed by atoms with Gasteiger partial charge in [0.2, 0.25) is 10.0 Å². The molecule has 10 heteroatoms. The fraction of sp³-hybridized carbons (Fsp3) is 0.429. The first-order valence-electron chi connectivity index (χ1n) is 7.39. The second-order valence-electron chi connectivity index (χ2n) is 5.12. The Bertz CT molecular complexity index is 786. The lowest BCUT2D eigenvalue weighted by atomic mass is 10.2. The normalized spacial score (nSPS) is 11.4. The van der Waals surface area contributed by atoms with Gasteiger partial charge >= 0.3 is 5.97 Å². The van der Waals surface area contributed by atoms with Crippen LogP contribution in [0.1, 0.15) is 24.7 Å². The van der Waals surface area contributed by atoms with Crippen molar-refractivity contribution in [1.82, 2.24) is 24.9 Å². The first-order chi connectivity index (χ1) is 11.4. The number of sulfonamides is 1. The predicted molar refractivity (Wildman–Crippen MR) is 84.3 cm³/mol. The summed E-state index contributed by atoms with van der Waals surface area (Å²) in [6, 6.07) is 6.31. The van der Waals surface area contributed by atoms with Crippen LogP contribution in [0.3, 0.4) is 0 Å². The van der Waals surface area contributed by atoms with Crippen LogP contribution in [0.4, 0.5) is 0 Å². The van der Waals surface area contributed by atoms with Crippen molar-refractivity contribution >= 4 is 16.0 Å². The average molecular weight is 353 g/mol. The first-order valence-corrected chi connectivity index (χ1v) is 8.87. The maximum atomic E-state index is 12.1. The Kier molecular flexibility index (Phi) is 5.99. The van der Waals surface area contributed by atoms with E-state index in [2.05, 4.69) is 20.2 Å². The van der Waals surface area contributed by atoms with Crippen molar-refractivity contribution in [2.24, 2.45) is 0 Å². The molecule has 0 fully saturated rings. The molecule has 0 bridgehead atoms. The molecule has 1 aromatic carbocycles. The lowest BCUT2D eigenvalue weighted by Crippen LogP contribution is -2.30. The van der Waals surface area contributed by atoms with Crippen LogP contribution >= 0.6 is 0 Å². The Hall–Kier alpha value is -2.33. The van der Waals surface area contributed by atoms with Crippen LogP contribution in [0.25, 0.3) is 0 Å². The quantitative estimate of drug-likeness (QED) is 0.683. The smallest absolute Gasteiger partial charge is 0.321 e. The molecule has 0 atom stereocenters. The summed E-state index contributed by atoms with van der Waals surface area (Å²) in [5, 5.41) is 11.0. The zero-order valence-corrected chi connectivity index (χ0v) is 14.3. The van der Waals surface area contributed by atoms with E-state index in [1.54, 1.807) is 12.1 Å². The van der Waals surface area contributed by atoms with Crippen molar-refractivity contribution in [3.8, 4) is 0 Å². The standard InChI is InChI=1S/C14H19N5O4S/c1-3-8-19-13(16-17-18-19)10-23-14(20)9-15-24(21,22)12-6-4-11(2)5-7-12/h4-7,15H,3,8-10H2,1-2H3. The maximum absolute atomic E-state index is 12.1. The molecular formula is C14H19N5O4S. The molecule has 0 saturated heterocycles. The summed E-state index contributed by atoms with van der Waals surface area (Å²) in [4.78, 5) is 11.8. The van der Waals surface area contributed by atoms with Crippen molar-refractivity contribution < 1.29 is 17.9 Å². The van der Waals surface area contributed by atoms with E-state index in [0.717, 1.165) is 12.0 Å². The van der Waals surface area contributed by atoms with Crippen molar-refractivity contribution in [1.29, 1.82) is 0 Å². The van der Waals surface area contributed by atoms with Crippen LogP contribution in [0.2, 0.25) is 0 Å². The largest absolute Gasteiger partial charge is 0.456 e. The average Bonchev–Trinajstić information content (AvgIpc) is 2.99. The lowest BCUT2D eigenvalue weighted by molar-refractivity contribution is -0.143. The Morgan fingerprint density at radius 1 is 1.29 bits per heavy atom. The van der Waals surface area contributed by atoms with E-state index >= 15 is 0 Å². The number of rotatable bonds is 8. The molecule has 1 N–H and O–H groups in total.